The van der Waals surface area contributed by atoms with Gasteiger partial charge in [-0.2, -0.15) is 4.31 Å². The van der Waals surface area contributed by atoms with E-state index >= 15 is 0 Å². The first-order valence-corrected chi connectivity index (χ1v) is 10.9. The van der Waals surface area contributed by atoms with Crippen LogP contribution in [0.2, 0.25) is 0 Å². The number of carbonyl (C=O) groups is 1. The zero-order valence-corrected chi connectivity index (χ0v) is 17.4. The lowest BCUT2D eigenvalue weighted by atomic mass is 10.0. The summed E-state index contributed by atoms with van der Waals surface area (Å²) in [6.07, 6.45) is 1.19. The largest absolute Gasteiger partial charge is 0.481 e. The lowest BCUT2D eigenvalue weighted by Crippen LogP contribution is -2.42. The van der Waals surface area contributed by atoms with E-state index in [9.17, 15) is 18.3 Å². The number of benzene rings is 1. The summed E-state index contributed by atoms with van der Waals surface area (Å²) in [5.41, 5.74) is 3.09. The minimum atomic E-state index is -3.75. The van der Waals surface area contributed by atoms with Crippen molar-refractivity contribution >= 4 is 26.9 Å². The molecule has 8 nitrogen and oxygen atoms in total. The van der Waals surface area contributed by atoms with Crippen LogP contribution in [-0.4, -0.2) is 46.6 Å². The average Bonchev–Trinajstić information content (AvgIpc) is 3.18. The van der Waals surface area contributed by atoms with E-state index in [1.807, 2.05) is 24.3 Å². The predicted octanol–water partition coefficient (Wildman–Crippen LogP) is 2.51. The number of para-hydroxylation sites is 1. The molecule has 2 aromatic heterocycles. The molecule has 3 aromatic rings. The van der Waals surface area contributed by atoms with Crippen molar-refractivity contribution in [1.29, 1.82) is 0 Å². The highest BCUT2D eigenvalue weighted by atomic mass is 32.2. The Balaban J connectivity index is 1.73. The van der Waals surface area contributed by atoms with Crippen molar-refractivity contribution in [2.24, 2.45) is 0 Å². The fourth-order valence-corrected chi connectivity index (χ4v) is 6.02. The summed E-state index contributed by atoms with van der Waals surface area (Å²) in [6.45, 7) is 3.68. The van der Waals surface area contributed by atoms with Gasteiger partial charge in [-0.05, 0) is 38.3 Å². The number of aryl methyl sites for hydroxylation is 2. The fourth-order valence-electron chi connectivity index (χ4n) is 4.36. The number of carboxylic acid groups (broad SMARTS) is 1. The lowest BCUT2D eigenvalue weighted by Gasteiger charge is -2.32. The molecule has 1 aliphatic rings. The fraction of sp³-hybridized carbons (Fsp3) is 0.400. The van der Waals surface area contributed by atoms with Gasteiger partial charge in [0.15, 0.2) is 5.76 Å². The summed E-state index contributed by atoms with van der Waals surface area (Å²) < 4.78 is 34.9. The van der Waals surface area contributed by atoms with Crippen LogP contribution in [0.3, 0.4) is 0 Å². The van der Waals surface area contributed by atoms with Gasteiger partial charge >= 0.3 is 5.97 Å². The van der Waals surface area contributed by atoms with Crippen LogP contribution in [-0.2, 0) is 34.2 Å². The van der Waals surface area contributed by atoms with Gasteiger partial charge in [-0.25, -0.2) is 8.42 Å². The number of hydrogen-bond donors (Lipinski definition) is 1. The van der Waals surface area contributed by atoms with Gasteiger partial charge in [-0.3, -0.25) is 4.79 Å². The molecule has 4 rings (SSSR count). The second-order valence-corrected chi connectivity index (χ2v) is 9.42. The Bertz CT molecular complexity index is 1190. The van der Waals surface area contributed by atoms with Crippen molar-refractivity contribution in [1.82, 2.24) is 14.0 Å². The number of hydrogen-bond acceptors (Lipinski definition) is 5. The third-order valence-electron chi connectivity index (χ3n) is 5.75. The Hall–Kier alpha value is -2.65. The van der Waals surface area contributed by atoms with Crippen molar-refractivity contribution in [3.05, 3.63) is 47.0 Å². The van der Waals surface area contributed by atoms with Crippen molar-refractivity contribution in [3.63, 3.8) is 0 Å². The minimum absolute atomic E-state index is 0.0409. The molecule has 1 atom stereocenters. The van der Waals surface area contributed by atoms with E-state index in [4.69, 9.17) is 4.52 Å². The third-order valence-corrected chi connectivity index (χ3v) is 7.90. The van der Waals surface area contributed by atoms with Gasteiger partial charge in [0.05, 0.1) is 6.42 Å². The highest BCUT2D eigenvalue weighted by molar-refractivity contribution is 7.89. The van der Waals surface area contributed by atoms with Gasteiger partial charge in [-0.15, -0.1) is 0 Å². The molecule has 0 amide bonds. The molecule has 154 valence electrons. The first-order chi connectivity index (χ1) is 13.7. The summed E-state index contributed by atoms with van der Waals surface area (Å²) in [7, 11) is -2.17. The quantitative estimate of drug-likeness (QED) is 0.684. The van der Waals surface area contributed by atoms with Gasteiger partial charge in [-0.1, -0.05) is 23.4 Å². The number of fused-ring (bicyclic) bond motifs is 3. The molecular formula is C20H23N3O5S. The van der Waals surface area contributed by atoms with Crippen LogP contribution in [0.1, 0.15) is 29.1 Å². The Morgan fingerprint density at radius 2 is 2.07 bits per heavy atom. The van der Waals surface area contributed by atoms with Crippen LogP contribution >= 0.6 is 0 Å². The van der Waals surface area contributed by atoms with E-state index in [1.54, 1.807) is 20.9 Å². The van der Waals surface area contributed by atoms with Crippen molar-refractivity contribution in [3.8, 4) is 0 Å². The molecule has 3 heterocycles. The highest BCUT2D eigenvalue weighted by Crippen LogP contribution is 2.34. The maximum Gasteiger partial charge on any atom is 0.307 e. The van der Waals surface area contributed by atoms with E-state index < -0.39 is 16.0 Å². The normalized spacial score (nSPS) is 17.0. The number of carboxylic acids is 1. The average molecular weight is 417 g/mol. The van der Waals surface area contributed by atoms with Gasteiger partial charge in [0.25, 0.3) is 0 Å². The number of rotatable bonds is 5. The predicted molar refractivity (Wildman–Crippen MR) is 106 cm³/mol. The van der Waals surface area contributed by atoms with Crippen LogP contribution in [0.5, 0.6) is 0 Å². The Morgan fingerprint density at radius 1 is 1.34 bits per heavy atom. The maximum absolute atomic E-state index is 13.2. The van der Waals surface area contributed by atoms with Gasteiger partial charge < -0.3 is 14.2 Å². The molecule has 29 heavy (non-hydrogen) atoms. The highest BCUT2D eigenvalue weighted by Gasteiger charge is 2.36. The number of nitrogens with zero attached hydrogens (tertiary/aromatic N) is 3. The van der Waals surface area contributed by atoms with E-state index in [1.165, 1.54) is 4.31 Å². The van der Waals surface area contributed by atoms with Crippen molar-refractivity contribution < 1.29 is 22.8 Å². The summed E-state index contributed by atoms with van der Waals surface area (Å²) in [5.74, 6) is -0.592. The molecule has 0 fully saturated rings. The summed E-state index contributed by atoms with van der Waals surface area (Å²) in [5, 5.41) is 14.0. The third kappa shape index (κ3) is 3.14. The minimum Gasteiger partial charge on any atom is -0.481 e. The first-order valence-electron chi connectivity index (χ1n) is 9.43. The summed E-state index contributed by atoms with van der Waals surface area (Å²) >= 11 is 0. The first kappa shape index (κ1) is 19.7. The maximum atomic E-state index is 13.2. The number of likely N-dealkylation sites (N-methyl/N-ethyl adjacent to an activating group) is 1. The summed E-state index contributed by atoms with van der Waals surface area (Å²) in [4.78, 5) is 11.5. The summed E-state index contributed by atoms with van der Waals surface area (Å²) in [6, 6.07) is 7.43. The standard InChI is InChI=1S/C20H23N3O5S/c1-12-20(13(2)28-21-12)29(26,27)22(3)14-8-9-18-16(10-19(24)25)15-6-4-5-7-17(15)23(18)11-14/h4-7,14H,8-11H2,1-3H3,(H,24,25)/t14-/m1/s1. The molecule has 0 radical (unpaired) electrons. The molecule has 9 heteroatoms. The molecule has 0 spiro atoms. The molecule has 0 unspecified atom stereocenters. The molecule has 0 bridgehead atoms. The van der Waals surface area contributed by atoms with Crippen LogP contribution in [0, 0.1) is 13.8 Å². The van der Waals surface area contributed by atoms with Gasteiger partial charge in [0.2, 0.25) is 10.0 Å². The van der Waals surface area contributed by atoms with E-state index in [-0.39, 0.29) is 23.1 Å². The Kier molecular flexibility index (Phi) is 4.74. The molecule has 0 saturated carbocycles. The van der Waals surface area contributed by atoms with E-state index in [0.717, 1.165) is 22.2 Å². The monoisotopic (exact) mass is 417 g/mol. The smallest absolute Gasteiger partial charge is 0.307 e. The molecule has 1 N–H and O–H groups in total. The zero-order chi connectivity index (χ0) is 20.9. The molecular weight excluding hydrogens is 394 g/mol. The van der Waals surface area contributed by atoms with Gasteiger partial charge in [0.1, 0.15) is 10.6 Å². The Labute approximate surface area is 168 Å². The Morgan fingerprint density at radius 3 is 2.72 bits per heavy atom. The molecule has 0 saturated heterocycles. The SMILES string of the molecule is Cc1noc(C)c1S(=O)(=O)N(C)[C@@H]1CCc2c(CC(=O)O)c3ccccc3n2C1. The number of aliphatic carboxylic acids is 1. The van der Waals surface area contributed by atoms with Crippen LogP contribution < -0.4 is 0 Å². The second kappa shape index (κ2) is 7.00. The second-order valence-electron chi connectivity index (χ2n) is 7.49. The van der Waals surface area contributed by atoms with E-state index in [0.29, 0.717) is 25.1 Å². The number of sulfonamides is 1. The molecule has 1 aromatic carbocycles. The van der Waals surface area contributed by atoms with Crippen LogP contribution in [0.25, 0.3) is 10.9 Å². The van der Waals surface area contributed by atoms with Crippen molar-refractivity contribution in [2.75, 3.05) is 7.05 Å². The number of aromatic nitrogens is 2. The molecule has 0 aliphatic carbocycles. The van der Waals surface area contributed by atoms with Crippen LogP contribution in [0.4, 0.5) is 0 Å². The molecule has 1 aliphatic heterocycles. The van der Waals surface area contributed by atoms with E-state index in [2.05, 4.69) is 9.72 Å². The lowest BCUT2D eigenvalue weighted by molar-refractivity contribution is -0.136. The zero-order valence-electron chi connectivity index (χ0n) is 16.5. The van der Waals surface area contributed by atoms with Crippen molar-refractivity contribution in [2.45, 2.75) is 50.6 Å². The topological polar surface area (TPSA) is 106 Å². The van der Waals surface area contributed by atoms with Gasteiger partial charge in [0, 0.05) is 36.2 Å². The van der Waals surface area contributed by atoms with Crippen LogP contribution in [0.15, 0.2) is 33.7 Å².